The van der Waals surface area contributed by atoms with Crippen LogP contribution in [0.2, 0.25) is 0 Å². The molecule has 8 heteroatoms. The zero-order chi connectivity index (χ0) is 26.5. The molecule has 0 unspecified atom stereocenters. The second kappa shape index (κ2) is 14.9. The molecule has 4 rings (SSSR count). The van der Waals surface area contributed by atoms with Crippen molar-refractivity contribution in [3.05, 3.63) is 48.3 Å². The summed E-state index contributed by atoms with van der Waals surface area (Å²) in [4.78, 5) is 26.0. The number of benzene rings is 2. The fourth-order valence-corrected chi connectivity index (χ4v) is 4.01. The van der Waals surface area contributed by atoms with E-state index in [9.17, 15) is 4.79 Å². The predicted molar refractivity (Wildman–Crippen MR) is 148 cm³/mol. The number of nitrogens with two attached hydrogens (primary N) is 1. The van der Waals surface area contributed by atoms with Gasteiger partial charge in [0.2, 0.25) is 0 Å². The maximum absolute atomic E-state index is 12.9. The molecule has 1 aromatic heterocycles. The Kier molecular flexibility index (Phi) is 11.9. The molecule has 0 spiro atoms. The van der Waals surface area contributed by atoms with Crippen molar-refractivity contribution in [2.45, 2.75) is 47.0 Å². The zero-order valence-corrected chi connectivity index (χ0v) is 22.6. The fraction of sp³-hybridized carbons (Fsp3) is 0.464. The summed E-state index contributed by atoms with van der Waals surface area (Å²) in [6.45, 7) is 10.6. The van der Waals surface area contributed by atoms with Gasteiger partial charge in [0.25, 0.3) is 5.91 Å². The van der Waals surface area contributed by atoms with Gasteiger partial charge in [-0.25, -0.2) is 4.98 Å². The molecule has 0 aliphatic carbocycles. The number of piperidine rings is 1. The van der Waals surface area contributed by atoms with Crippen molar-refractivity contribution in [1.29, 1.82) is 0 Å². The second-order valence-electron chi connectivity index (χ2n) is 7.79. The number of carbonyl (C=O) groups excluding carboxylic acids is 1. The summed E-state index contributed by atoms with van der Waals surface area (Å²) in [7, 11) is 3.25. The van der Waals surface area contributed by atoms with Crippen molar-refractivity contribution in [3.63, 3.8) is 0 Å². The van der Waals surface area contributed by atoms with E-state index < -0.39 is 0 Å². The summed E-state index contributed by atoms with van der Waals surface area (Å²) in [5, 5.41) is 0. The van der Waals surface area contributed by atoms with E-state index in [4.69, 9.17) is 15.2 Å². The molecule has 2 aromatic carbocycles. The number of rotatable bonds is 7. The monoisotopic (exact) mass is 495 g/mol. The molecule has 3 aromatic rings. The molecule has 2 heterocycles. The van der Waals surface area contributed by atoms with Crippen LogP contribution in [-0.4, -0.2) is 61.2 Å². The Bertz CT molecular complexity index is 1080. The lowest BCUT2D eigenvalue weighted by Crippen LogP contribution is -2.36. The van der Waals surface area contributed by atoms with Crippen LogP contribution in [0.5, 0.6) is 11.5 Å². The van der Waals surface area contributed by atoms with Crippen LogP contribution in [0.3, 0.4) is 0 Å². The standard InChI is InChI=1S/C24H29N5O3.2C2H6/c1-31-19-12-18(13-20(15-19)32-2)29(11-8-25)17-6-7-21-22(14-17)27-23(16-26-21)24(30)28-9-4-3-5-10-28;2*1-2/h6-7,12-16H,3-5,8-11,25H2,1-2H3;2*1-2H3. The lowest BCUT2D eigenvalue weighted by molar-refractivity contribution is 0.0718. The summed E-state index contributed by atoms with van der Waals surface area (Å²) in [6.07, 6.45) is 4.82. The van der Waals surface area contributed by atoms with Gasteiger partial charge >= 0.3 is 0 Å². The number of carbonyl (C=O) groups is 1. The molecule has 196 valence electrons. The van der Waals surface area contributed by atoms with Gasteiger partial charge in [-0.05, 0) is 37.5 Å². The summed E-state index contributed by atoms with van der Waals surface area (Å²) < 4.78 is 10.9. The summed E-state index contributed by atoms with van der Waals surface area (Å²) in [6, 6.07) is 11.5. The van der Waals surface area contributed by atoms with E-state index in [1.54, 1.807) is 20.4 Å². The van der Waals surface area contributed by atoms with Crippen molar-refractivity contribution in [2.24, 2.45) is 5.73 Å². The minimum atomic E-state index is -0.0548. The molecule has 0 radical (unpaired) electrons. The highest BCUT2D eigenvalue weighted by atomic mass is 16.5. The van der Waals surface area contributed by atoms with Crippen molar-refractivity contribution in [2.75, 3.05) is 45.3 Å². The molecule has 1 fully saturated rings. The van der Waals surface area contributed by atoms with Gasteiger partial charge in [-0.2, -0.15) is 0 Å². The number of hydrogen-bond donors (Lipinski definition) is 1. The maximum atomic E-state index is 12.9. The van der Waals surface area contributed by atoms with Crippen LogP contribution in [0.15, 0.2) is 42.6 Å². The highest BCUT2D eigenvalue weighted by Crippen LogP contribution is 2.33. The minimum Gasteiger partial charge on any atom is -0.497 e. The second-order valence-corrected chi connectivity index (χ2v) is 7.79. The lowest BCUT2D eigenvalue weighted by atomic mass is 10.1. The van der Waals surface area contributed by atoms with E-state index in [1.165, 1.54) is 6.42 Å². The Morgan fingerprint density at radius 3 is 2.14 bits per heavy atom. The van der Waals surface area contributed by atoms with Gasteiger partial charge in [0.15, 0.2) is 0 Å². The summed E-state index contributed by atoms with van der Waals surface area (Å²) in [5.41, 5.74) is 9.49. The molecule has 0 saturated carbocycles. The number of anilines is 2. The van der Waals surface area contributed by atoms with Crippen LogP contribution >= 0.6 is 0 Å². The number of aromatic nitrogens is 2. The van der Waals surface area contributed by atoms with Gasteiger partial charge in [0.05, 0.1) is 31.4 Å². The number of methoxy groups -OCH3 is 2. The van der Waals surface area contributed by atoms with Crippen molar-refractivity contribution in [1.82, 2.24) is 14.9 Å². The third-order valence-electron chi connectivity index (χ3n) is 5.70. The molecule has 0 bridgehead atoms. The van der Waals surface area contributed by atoms with Gasteiger partial charge < -0.3 is 25.0 Å². The minimum absolute atomic E-state index is 0.0548. The molecular formula is C28H41N5O3. The fourth-order valence-electron chi connectivity index (χ4n) is 4.01. The van der Waals surface area contributed by atoms with Gasteiger partial charge in [-0.3, -0.25) is 9.78 Å². The Hall–Kier alpha value is -3.39. The number of likely N-dealkylation sites (tertiary alicyclic amines) is 1. The van der Waals surface area contributed by atoms with E-state index >= 15 is 0 Å². The van der Waals surface area contributed by atoms with Gasteiger partial charge in [-0.1, -0.05) is 27.7 Å². The van der Waals surface area contributed by atoms with E-state index in [0.717, 1.165) is 42.8 Å². The molecule has 8 nitrogen and oxygen atoms in total. The first-order chi connectivity index (χ1) is 17.6. The van der Waals surface area contributed by atoms with Crippen molar-refractivity contribution >= 4 is 28.3 Å². The van der Waals surface area contributed by atoms with Gasteiger partial charge in [-0.15, -0.1) is 0 Å². The number of fused-ring (bicyclic) bond motifs is 1. The van der Waals surface area contributed by atoms with Crippen LogP contribution in [0.25, 0.3) is 11.0 Å². The first kappa shape index (κ1) is 28.8. The third kappa shape index (κ3) is 7.07. The average Bonchev–Trinajstić information content (AvgIpc) is 2.97. The number of nitrogens with zero attached hydrogens (tertiary/aromatic N) is 4. The third-order valence-corrected chi connectivity index (χ3v) is 5.70. The van der Waals surface area contributed by atoms with E-state index in [1.807, 2.05) is 69.0 Å². The molecular weight excluding hydrogens is 454 g/mol. The van der Waals surface area contributed by atoms with Crippen LogP contribution in [0, 0.1) is 0 Å². The Morgan fingerprint density at radius 2 is 1.56 bits per heavy atom. The SMILES string of the molecule is CC.CC.COc1cc(OC)cc(N(CCN)c2ccc3ncc(C(=O)N4CCCCC4)nc3c2)c1. The first-order valence-electron chi connectivity index (χ1n) is 12.9. The number of amides is 1. The van der Waals surface area contributed by atoms with E-state index in [-0.39, 0.29) is 5.91 Å². The normalized spacial score (nSPS) is 12.6. The summed E-state index contributed by atoms with van der Waals surface area (Å²) in [5.74, 6) is 1.33. The number of ether oxygens (including phenoxy) is 2. The Morgan fingerprint density at radius 1 is 0.917 bits per heavy atom. The highest BCUT2D eigenvalue weighted by molar-refractivity contribution is 5.94. The number of hydrogen-bond acceptors (Lipinski definition) is 7. The smallest absolute Gasteiger partial charge is 0.274 e. The van der Waals surface area contributed by atoms with E-state index in [0.29, 0.717) is 35.8 Å². The Balaban J connectivity index is 0.00000109. The average molecular weight is 496 g/mol. The molecule has 1 aliphatic rings. The zero-order valence-electron chi connectivity index (χ0n) is 22.6. The van der Waals surface area contributed by atoms with Crippen molar-refractivity contribution < 1.29 is 14.3 Å². The van der Waals surface area contributed by atoms with Crippen molar-refractivity contribution in [3.8, 4) is 11.5 Å². The molecule has 1 amide bonds. The van der Waals surface area contributed by atoms with Crippen LogP contribution in [-0.2, 0) is 0 Å². The maximum Gasteiger partial charge on any atom is 0.274 e. The molecule has 0 atom stereocenters. The largest absolute Gasteiger partial charge is 0.497 e. The first-order valence-corrected chi connectivity index (χ1v) is 12.9. The quantitative estimate of drug-likeness (QED) is 0.467. The van der Waals surface area contributed by atoms with E-state index in [2.05, 4.69) is 14.9 Å². The summed E-state index contributed by atoms with van der Waals surface area (Å²) >= 11 is 0. The van der Waals surface area contributed by atoms with Crippen LogP contribution in [0.4, 0.5) is 11.4 Å². The lowest BCUT2D eigenvalue weighted by Gasteiger charge is -2.26. The van der Waals surface area contributed by atoms with Crippen LogP contribution < -0.4 is 20.1 Å². The Labute approximate surface area is 215 Å². The predicted octanol–water partition coefficient (Wildman–Crippen LogP) is 5.42. The van der Waals surface area contributed by atoms with Gasteiger partial charge in [0.1, 0.15) is 17.2 Å². The van der Waals surface area contributed by atoms with Crippen LogP contribution in [0.1, 0.15) is 57.4 Å². The molecule has 2 N–H and O–H groups in total. The van der Waals surface area contributed by atoms with Gasteiger partial charge in [0, 0.05) is 55.8 Å². The topological polar surface area (TPSA) is 93.8 Å². The molecule has 36 heavy (non-hydrogen) atoms. The molecule has 1 saturated heterocycles. The highest BCUT2D eigenvalue weighted by Gasteiger charge is 2.20. The molecule has 1 aliphatic heterocycles.